The van der Waals surface area contributed by atoms with Crippen molar-refractivity contribution in [1.82, 2.24) is 0 Å². The van der Waals surface area contributed by atoms with E-state index in [2.05, 4.69) is 11.8 Å². The number of amides is 1. The molecule has 0 saturated carbocycles. The van der Waals surface area contributed by atoms with Crippen LogP contribution in [0.5, 0.6) is 0 Å². The minimum Gasteiger partial charge on any atom is -0.307 e. The number of nitrogens with zero attached hydrogens (tertiary/aromatic N) is 1. The SMILES string of the molecule is CC(=O)CCCCC(=O)N1Cc2ccccc2C#Cc2ccccc21.CP=O. The Hall–Kier alpha value is -2.76. The van der Waals surface area contributed by atoms with Crippen molar-refractivity contribution in [2.45, 2.75) is 39.2 Å². The molecule has 0 atom stereocenters. The Labute approximate surface area is 168 Å². The van der Waals surface area contributed by atoms with E-state index >= 15 is 0 Å². The van der Waals surface area contributed by atoms with Crippen LogP contribution in [0, 0.1) is 11.8 Å². The van der Waals surface area contributed by atoms with E-state index in [9.17, 15) is 9.59 Å². The first-order valence-corrected chi connectivity index (χ1v) is 10.5. The number of hydrogen-bond acceptors (Lipinski definition) is 3. The van der Waals surface area contributed by atoms with Gasteiger partial charge in [-0.2, -0.15) is 0 Å². The van der Waals surface area contributed by atoms with Crippen LogP contribution >= 0.6 is 8.46 Å². The van der Waals surface area contributed by atoms with Crippen LogP contribution in [0.4, 0.5) is 5.69 Å². The summed E-state index contributed by atoms with van der Waals surface area (Å²) in [7, 11) is 0.167. The molecule has 0 radical (unpaired) electrons. The van der Waals surface area contributed by atoms with Crippen molar-refractivity contribution in [3.63, 3.8) is 0 Å². The number of unbranched alkanes of at least 4 members (excludes halogenated alkanes) is 1. The molecule has 0 bridgehead atoms. The van der Waals surface area contributed by atoms with Crippen LogP contribution in [-0.4, -0.2) is 18.4 Å². The van der Waals surface area contributed by atoms with Gasteiger partial charge in [-0.25, -0.2) is 0 Å². The van der Waals surface area contributed by atoms with Crippen LogP contribution in [-0.2, 0) is 20.7 Å². The number of fused-ring (bicyclic) bond motifs is 2. The molecule has 4 nitrogen and oxygen atoms in total. The molecule has 2 aromatic rings. The first kappa shape index (κ1) is 21.5. The first-order valence-electron chi connectivity index (χ1n) is 9.27. The van der Waals surface area contributed by atoms with Gasteiger partial charge in [-0.1, -0.05) is 42.2 Å². The molecule has 1 amide bonds. The van der Waals surface area contributed by atoms with E-state index in [0.717, 1.165) is 35.2 Å². The van der Waals surface area contributed by atoms with Crippen molar-refractivity contribution < 1.29 is 14.2 Å². The summed E-state index contributed by atoms with van der Waals surface area (Å²) in [5, 5.41) is 0. The molecule has 1 aliphatic rings. The zero-order valence-electron chi connectivity index (χ0n) is 16.3. The second kappa shape index (κ2) is 11.2. The van der Waals surface area contributed by atoms with E-state index in [1.54, 1.807) is 13.6 Å². The van der Waals surface area contributed by atoms with E-state index in [1.165, 1.54) is 0 Å². The van der Waals surface area contributed by atoms with Crippen molar-refractivity contribution in [3.8, 4) is 11.8 Å². The third kappa shape index (κ3) is 6.15. The van der Waals surface area contributed by atoms with E-state index < -0.39 is 0 Å². The molecule has 0 saturated heterocycles. The van der Waals surface area contributed by atoms with E-state index in [-0.39, 0.29) is 20.2 Å². The van der Waals surface area contributed by atoms with Crippen molar-refractivity contribution in [1.29, 1.82) is 0 Å². The number of benzene rings is 2. The van der Waals surface area contributed by atoms with Gasteiger partial charge in [0.25, 0.3) is 0 Å². The summed E-state index contributed by atoms with van der Waals surface area (Å²) < 4.78 is 8.90. The van der Waals surface area contributed by atoms with E-state index in [0.29, 0.717) is 19.4 Å². The van der Waals surface area contributed by atoms with E-state index in [1.807, 2.05) is 53.4 Å². The molecule has 5 heteroatoms. The van der Waals surface area contributed by atoms with Gasteiger partial charge in [0.1, 0.15) is 5.78 Å². The maximum Gasteiger partial charge on any atom is 0.227 e. The van der Waals surface area contributed by atoms with Gasteiger partial charge in [-0.05, 0) is 43.5 Å². The highest BCUT2D eigenvalue weighted by Gasteiger charge is 2.20. The number of anilines is 1. The molecule has 144 valence electrons. The largest absolute Gasteiger partial charge is 0.307 e. The van der Waals surface area contributed by atoms with Crippen molar-refractivity contribution in [2.75, 3.05) is 11.6 Å². The second-order valence-electron chi connectivity index (χ2n) is 6.50. The Morgan fingerprint density at radius 3 is 2.25 bits per heavy atom. The molecule has 0 aliphatic carbocycles. The lowest BCUT2D eigenvalue weighted by Gasteiger charge is -2.26. The molecule has 0 spiro atoms. The van der Waals surface area contributed by atoms with Gasteiger partial charge in [0, 0.05) is 30.6 Å². The topological polar surface area (TPSA) is 54.5 Å². The van der Waals surface area contributed by atoms with Gasteiger partial charge < -0.3 is 9.69 Å². The summed E-state index contributed by atoms with van der Waals surface area (Å²) in [6, 6.07) is 15.7. The fourth-order valence-corrected chi connectivity index (χ4v) is 2.99. The lowest BCUT2D eigenvalue weighted by atomic mass is 10.0. The van der Waals surface area contributed by atoms with Gasteiger partial charge in [0.15, 0.2) is 8.46 Å². The van der Waals surface area contributed by atoms with Crippen LogP contribution in [0.3, 0.4) is 0 Å². The lowest BCUT2D eigenvalue weighted by Crippen LogP contribution is -2.31. The van der Waals surface area contributed by atoms with Crippen LogP contribution < -0.4 is 4.90 Å². The molecular weight excluding hydrogens is 369 g/mol. The minimum absolute atomic E-state index is 0.0782. The smallest absolute Gasteiger partial charge is 0.227 e. The summed E-state index contributed by atoms with van der Waals surface area (Å²) in [4.78, 5) is 25.8. The second-order valence-corrected chi connectivity index (χ2v) is 6.86. The average Bonchev–Trinajstić information content (AvgIpc) is 2.67. The molecular formula is C23H24NO3P. The van der Waals surface area contributed by atoms with Gasteiger partial charge in [0.05, 0.1) is 12.2 Å². The highest BCUT2D eigenvalue weighted by Crippen LogP contribution is 2.26. The Morgan fingerprint density at radius 1 is 0.964 bits per heavy atom. The maximum atomic E-state index is 12.9. The van der Waals surface area contributed by atoms with Crippen molar-refractivity contribution in [2.24, 2.45) is 0 Å². The maximum absolute atomic E-state index is 12.9. The number of carbonyl (C=O) groups is 2. The minimum atomic E-state index is 0.0782. The molecule has 0 unspecified atom stereocenters. The predicted molar refractivity (Wildman–Crippen MR) is 113 cm³/mol. The van der Waals surface area contributed by atoms with Gasteiger partial charge in [0.2, 0.25) is 5.91 Å². The Bertz CT molecular complexity index is 911. The highest BCUT2D eigenvalue weighted by molar-refractivity contribution is 7.22. The van der Waals surface area contributed by atoms with Gasteiger partial charge in [-0.15, -0.1) is 0 Å². The fourth-order valence-electron chi connectivity index (χ4n) is 2.99. The standard InChI is InChI=1S/C22H21NO2.CH3OP/c1-17(24)8-2-7-13-22(25)23-16-20-11-4-3-9-18(20)14-15-19-10-5-6-12-21(19)23;1-3-2/h3-6,9-12H,2,7-8,13,16H2,1H3;1H3. The summed E-state index contributed by atoms with van der Waals surface area (Å²) >= 11 is 0. The number of ketones is 1. The molecule has 0 N–H and O–H groups in total. The molecule has 1 aliphatic heterocycles. The average molecular weight is 393 g/mol. The number of Topliss-reactive ketones (excluding diaryl/α,β-unsaturated/α-hetero) is 1. The van der Waals surface area contributed by atoms with Crippen molar-refractivity contribution in [3.05, 3.63) is 65.2 Å². The summed E-state index contributed by atoms with van der Waals surface area (Å²) in [5.74, 6) is 6.67. The van der Waals surface area contributed by atoms with Crippen LogP contribution in [0.1, 0.15) is 49.3 Å². The summed E-state index contributed by atoms with van der Waals surface area (Å²) in [6.45, 7) is 3.65. The third-order valence-corrected chi connectivity index (χ3v) is 4.34. The molecule has 28 heavy (non-hydrogen) atoms. The Balaban J connectivity index is 0.000000878. The van der Waals surface area contributed by atoms with Crippen LogP contribution in [0.15, 0.2) is 48.5 Å². The Morgan fingerprint density at radius 2 is 1.54 bits per heavy atom. The Kier molecular flexibility index (Phi) is 8.59. The summed E-state index contributed by atoms with van der Waals surface area (Å²) in [5.41, 5.74) is 3.75. The molecule has 0 aromatic heterocycles. The van der Waals surface area contributed by atoms with Crippen molar-refractivity contribution >= 4 is 25.8 Å². The van der Waals surface area contributed by atoms with Gasteiger partial charge in [-0.3, -0.25) is 9.36 Å². The third-order valence-electron chi connectivity index (χ3n) is 4.34. The number of hydrogen-bond donors (Lipinski definition) is 0. The number of carbonyl (C=O) groups excluding carboxylic acids is 2. The molecule has 2 aromatic carbocycles. The highest BCUT2D eigenvalue weighted by atomic mass is 31.1. The fraction of sp³-hybridized carbons (Fsp3) is 0.304. The lowest BCUT2D eigenvalue weighted by molar-refractivity contribution is -0.120. The van der Waals surface area contributed by atoms with Crippen LogP contribution in [0.2, 0.25) is 0 Å². The molecule has 1 heterocycles. The summed E-state index contributed by atoms with van der Waals surface area (Å²) in [6.07, 6.45) is 2.47. The zero-order valence-corrected chi connectivity index (χ0v) is 17.2. The van der Waals surface area contributed by atoms with Gasteiger partial charge >= 0.3 is 0 Å². The number of para-hydroxylation sites is 1. The molecule has 0 fully saturated rings. The monoisotopic (exact) mass is 393 g/mol. The predicted octanol–water partition coefficient (Wildman–Crippen LogP) is 4.99. The first-order chi connectivity index (χ1) is 13.6. The quantitative estimate of drug-likeness (QED) is 0.409. The normalized spacial score (nSPS) is 11.6. The van der Waals surface area contributed by atoms with E-state index in [4.69, 9.17) is 4.57 Å². The van der Waals surface area contributed by atoms with Crippen LogP contribution in [0.25, 0.3) is 0 Å². The zero-order chi connectivity index (χ0) is 20.4. The number of rotatable bonds is 5. The molecule has 3 rings (SSSR count).